The predicted molar refractivity (Wildman–Crippen MR) is 140 cm³/mol. The van der Waals surface area contributed by atoms with Crippen LogP contribution < -0.4 is 25.3 Å². The fourth-order valence-corrected chi connectivity index (χ4v) is 4.70. The van der Waals surface area contributed by atoms with Crippen molar-refractivity contribution in [3.63, 3.8) is 0 Å². The van der Waals surface area contributed by atoms with E-state index in [0.717, 1.165) is 43.4 Å². The van der Waals surface area contributed by atoms with E-state index in [1.54, 1.807) is 31.6 Å². The minimum absolute atomic E-state index is 0.0525. The maximum absolute atomic E-state index is 13.0. The van der Waals surface area contributed by atoms with Crippen LogP contribution in [0.15, 0.2) is 80.6 Å². The number of anilines is 1. The van der Waals surface area contributed by atoms with E-state index in [0.29, 0.717) is 16.7 Å². The number of benzene rings is 2. The number of carbonyl (C=O) groups excluding carboxylic acids is 1. The van der Waals surface area contributed by atoms with Crippen molar-refractivity contribution in [1.29, 1.82) is 0 Å². The summed E-state index contributed by atoms with van der Waals surface area (Å²) >= 11 is 0. The van der Waals surface area contributed by atoms with E-state index in [1.165, 1.54) is 13.2 Å². The summed E-state index contributed by atoms with van der Waals surface area (Å²) in [6.07, 6.45) is 1.63. The number of methoxy groups -OCH3 is 2. The zero-order chi connectivity index (χ0) is 25.8. The molecule has 0 saturated carbocycles. The number of carbonyl (C=O) groups is 1. The molecule has 192 valence electrons. The molecule has 9 heteroatoms. The summed E-state index contributed by atoms with van der Waals surface area (Å²) < 4.78 is 21.7. The number of rotatable bonds is 8. The first kappa shape index (κ1) is 24.5. The molecule has 3 heterocycles. The minimum atomic E-state index is -0.711. The predicted octanol–water partition coefficient (Wildman–Crippen LogP) is 3.70. The normalized spacial score (nSPS) is 14.9. The summed E-state index contributed by atoms with van der Waals surface area (Å²) in [5, 5.41) is 3.53. The van der Waals surface area contributed by atoms with E-state index < -0.39 is 11.5 Å². The van der Waals surface area contributed by atoms with Crippen molar-refractivity contribution in [2.45, 2.75) is 6.04 Å². The Labute approximate surface area is 214 Å². The van der Waals surface area contributed by atoms with E-state index >= 15 is 0 Å². The first-order chi connectivity index (χ1) is 18.1. The molecule has 1 atom stereocenters. The highest BCUT2D eigenvalue weighted by molar-refractivity contribution is 5.97. The highest BCUT2D eigenvalue weighted by atomic mass is 16.5. The first-order valence-electron chi connectivity index (χ1n) is 12.1. The number of hydrogen-bond acceptors (Lipinski definition) is 8. The Balaban J connectivity index is 1.28. The van der Waals surface area contributed by atoms with Crippen molar-refractivity contribution < 1.29 is 23.1 Å². The molecular formula is C28H29N3O6. The third-order valence-corrected chi connectivity index (χ3v) is 6.71. The van der Waals surface area contributed by atoms with Crippen LogP contribution in [-0.4, -0.2) is 57.8 Å². The third-order valence-electron chi connectivity index (χ3n) is 6.71. The molecule has 1 amide bonds. The van der Waals surface area contributed by atoms with Gasteiger partial charge in [-0.25, -0.2) is 4.79 Å². The van der Waals surface area contributed by atoms with Gasteiger partial charge in [0.05, 0.1) is 26.5 Å². The van der Waals surface area contributed by atoms with Gasteiger partial charge in [0, 0.05) is 43.8 Å². The number of nitrogens with zero attached hydrogens (tertiary/aromatic N) is 2. The summed E-state index contributed by atoms with van der Waals surface area (Å²) in [6.45, 7) is 3.50. The Kier molecular flexibility index (Phi) is 7.14. The van der Waals surface area contributed by atoms with Crippen molar-refractivity contribution in [2.75, 3.05) is 51.8 Å². The summed E-state index contributed by atoms with van der Waals surface area (Å²) in [7, 11) is 3.16. The average Bonchev–Trinajstić information content (AvgIpc) is 3.47. The van der Waals surface area contributed by atoms with Crippen LogP contribution in [0.2, 0.25) is 0 Å². The first-order valence-corrected chi connectivity index (χ1v) is 12.1. The lowest BCUT2D eigenvalue weighted by atomic mass is 10.1. The van der Waals surface area contributed by atoms with Gasteiger partial charge in [-0.15, -0.1) is 0 Å². The average molecular weight is 504 g/mol. The van der Waals surface area contributed by atoms with E-state index in [9.17, 15) is 9.59 Å². The summed E-state index contributed by atoms with van der Waals surface area (Å²) in [6, 6.07) is 18.4. The Morgan fingerprint density at radius 3 is 2.46 bits per heavy atom. The van der Waals surface area contributed by atoms with Gasteiger partial charge in [0.25, 0.3) is 5.91 Å². The van der Waals surface area contributed by atoms with Crippen LogP contribution >= 0.6 is 0 Å². The van der Waals surface area contributed by atoms with Crippen molar-refractivity contribution in [3.05, 3.63) is 88.7 Å². The zero-order valence-corrected chi connectivity index (χ0v) is 20.8. The minimum Gasteiger partial charge on any atom is -0.497 e. The number of para-hydroxylation sites is 1. The lowest BCUT2D eigenvalue weighted by molar-refractivity contribution is 0.0919. The smallest absolute Gasteiger partial charge is 0.349 e. The quantitative estimate of drug-likeness (QED) is 0.364. The molecule has 0 radical (unpaired) electrons. The number of nitrogens with one attached hydrogen (secondary N) is 1. The molecule has 0 spiro atoms. The number of furan rings is 1. The summed E-state index contributed by atoms with van der Waals surface area (Å²) in [4.78, 5) is 30.2. The van der Waals surface area contributed by atoms with Gasteiger partial charge in [0.1, 0.15) is 17.1 Å². The number of piperazine rings is 1. The second kappa shape index (κ2) is 10.8. The fourth-order valence-electron chi connectivity index (χ4n) is 4.70. The molecule has 1 fully saturated rings. The Hall–Kier alpha value is -4.24. The van der Waals surface area contributed by atoms with Crippen molar-refractivity contribution in [2.24, 2.45) is 0 Å². The van der Waals surface area contributed by atoms with Gasteiger partial charge in [-0.3, -0.25) is 9.69 Å². The van der Waals surface area contributed by atoms with Gasteiger partial charge < -0.3 is 28.5 Å². The van der Waals surface area contributed by atoms with Crippen molar-refractivity contribution >= 4 is 22.6 Å². The van der Waals surface area contributed by atoms with Crippen LogP contribution in [0.25, 0.3) is 11.0 Å². The largest absolute Gasteiger partial charge is 0.497 e. The van der Waals surface area contributed by atoms with E-state index in [4.69, 9.17) is 18.3 Å². The van der Waals surface area contributed by atoms with Gasteiger partial charge in [-0.2, -0.15) is 0 Å². The van der Waals surface area contributed by atoms with Crippen LogP contribution in [0.4, 0.5) is 5.69 Å². The molecular weight excluding hydrogens is 474 g/mol. The molecule has 1 saturated heterocycles. The highest BCUT2D eigenvalue weighted by Gasteiger charge is 2.28. The molecule has 1 N–H and O–H groups in total. The molecule has 2 aromatic carbocycles. The van der Waals surface area contributed by atoms with Crippen LogP contribution in [0.1, 0.15) is 22.2 Å². The molecule has 2 aromatic heterocycles. The topological polar surface area (TPSA) is 97.4 Å². The van der Waals surface area contributed by atoms with Crippen LogP contribution in [0, 0.1) is 0 Å². The Morgan fingerprint density at radius 1 is 1.00 bits per heavy atom. The molecule has 0 bridgehead atoms. The second-order valence-corrected chi connectivity index (χ2v) is 8.79. The number of ether oxygens (including phenoxy) is 2. The standard InChI is InChI=1S/C28H29N3O6/c1-34-21-10-8-20(9-11-21)30-12-14-31(15-13-30)23(24-7-4-16-36-24)18-29-27(32)22-17-19-5-3-6-25(35-2)26(19)37-28(22)33/h3-11,16-17,23H,12-15,18H2,1-2H3,(H,29,32). The van der Waals surface area contributed by atoms with Gasteiger partial charge in [0.15, 0.2) is 11.3 Å². The molecule has 0 aliphatic carbocycles. The van der Waals surface area contributed by atoms with Crippen LogP contribution in [-0.2, 0) is 0 Å². The SMILES string of the molecule is COc1ccc(N2CCN(C(CNC(=O)c3cc4cccc(OC)c4oc3=O)c3ccco3)CC2)cc1. The van der Waals surface area contributed by atoms with Crippen LogP contribution in [0.3, 0.4) is 0 Å². The van der Waals surface area contributed by atoms with Gasteiger partial charge in [0.2, 0.25) is 0 Å². The number of amides is 1. The molecule has 37 heavy (non-hydrogen) atoms. The fraction of sp³-hybridized carbons (Fsp3) is 0.286. The van der Waals surface area contributed by atoms with E-state index in [1.807, 2.05) is 24.3 Å². The third kappa shape index (κ3) is 5.17. The molecule has 4 aromatic rings. The maximum Gasteiger partial charge on any atom is 0.349 e. The van der Waals surface area contributed by atoms with Crippen molar-refractivity contribution in [3.8, 4) is 11.5 Å². The van der Waals surface area contributed by atoms with E-state index in [-0.39, 0.29) is 18.2 Å². The van der Waals surface area contributed by atoms with Gasteiger partial charge in [-0.05, 0) is 48.5 Å². The molecule has 1 aliphatic rings. The maximum atomic E-state index is 13.0. The van der Waals surface area contributed by atoms with E-state index in [2.05, 4.69) is 27.2 Å². The van der Waals surface area contributed by atoms with Crippen molar-refractivity contribution in [1.82, 2.24) is 10.2 Å². The molecule has 1 unspecified atom stereocenters. The zero-order valence-electron chi connectivity index (χ0n) is 20.8. The van der Waals surface area contributed by atoms with Gasteiger partial charge >= 0.3 is 5.63 Å². The molecule has 1 aliphatic heterocycles. The van der Waals surface area contributed by atoms with Crippen LogP contribution in [0.5, 0.6) is 11.5 Å². The number of fused-ring (bicyclic) bond motifs is 1. The summed E-state index contributed by atoms with van der Waals surface area (Å²) in [5.74, 6) is 1.53. The highest BCUT2D eigenvalue weighted by Crippen LogP contribution is 2.27. The van der Waals surface area contributed by atoms with Gasteiger partial charge in [-0.1, -0.05) is 12.1 Å². The molecule has 9 nitrogen and oxygen atoms in total. The second-order valence-electron chi connectivity index (χ2n) is 8.79. The molecule has 5 rings (SSSR count). The lowest BCUT2D eigenvalue weighted by Gasteiger charge is -2.39. The Morgan fingerprint density at radius 2 is 1.78 bits per heavy atom. The monoisotopic (exact) mass is 503 g/mol. The Bertz CT molecular complexity index is 1410. The number of hydrogen-bond donors (Lipinski definition) is 1. The summed E-state index contributed by atoms with van der Waals surface area (Å²) in [5.41, 5.74) is 0.693. The lowest BCUT2D eigenvalue weighted by Crippen LogP contribution is -2.50.